The lowest BCUT2D eigenvalue weighted by Gasteiger charge is -2.02. The average molecular weight is 282 g/mol. The van der Waals surface area contributed by atoms with Crippen molar-refractivity contribution in [3.05, 3.63) is 33.4 Å². The van der Waals surface area contributed by atoms with Crippen LogP contribution in [0.25, 0.3) is 10.9 Å². The quantitative estimate of drug-likeness (QED) is 0.872. The SMILES string of the molecule is Cc1cc(Br)cc2c(C(=O)O)c(C)n(C)c12. The standard InChI is InChI=1S/C12H12BrNO2/c1-6-4-8(13)5-9-10(12(15)16)7(2)14(3)11(6)9/h4-5H,1-3H3,(H,15,16). The number of carboxylic acid groups (broad SMARTS) is 1. The Bertz CT molecular complexity index is 599. The predicted octanol–water partition coefficient (Wildman–Crippen LogP) is 3.26. The lowest BCUT2D eigenvalue weighted by atomic mass is 10.1. The maximum absolute atomic E-state index is 11.2. The van der Waals surface area contributed by atoms with Crippen molar-refractivity contribution in [2.45, 2.75) is 13.8 Å². The van der Waals surface area contributed by atoms with Crippen LogP contribution < -0.4 is 0 Å². The molecule has 0 spiro atoms. The molecule has 0 radical (unpaired) electrons. The number of halogens is 1. The first kappa shape index (κ1) is 11.2. The number of carboxylic acids is 1. The molecule has 0 aliphatic carbocycles. The Kier molecular flexibility index (Phi) is 2.54. The van der Waals surface area contributed by atoms with Gasteiger partial charge in [-0.25, -0.2) is 4.79 Å². The van der Waals surface area contributed by atoms with Crippen LogP contribution in [0.3, 0.4) is 0 Å². The summed E-state index contributed by atoms with van der Waals surface area (Å²) in [4.78, 5) is 11.2. The summed E-state index contributed by atoms with van der Waals surface area (Å²) in [5.74, 6) is -0.874. The molecule has 3 nitrogen and oxygen atoms in total. The fourth-order valence-corrected chi connectivity index (χ4v) is 2.74. The van der Waals surface area contributed by atoms with Gasteiger partial charge in [0.1, 0.15) is 0 Å². The van der Waals surface area contributed by atoms with E-state index in [1.54, 1.807) is 0 Å². The van der Waals surface area contributed by atoms with Gasteiger partial charge in [0.2, 0.25) is 0 Å². The van der Waals surface area contributed by atoms with Gasteiger partial charge in [0.05, 0.1) is 11.1 Å². The van der Waals surface area contributed by atoms with Gasteiger partial charge in [-0.2, -0.15) is 0 Å². The van der Waals surface area contributed by atoms with Crippen LogP contribution in [0.5, 0.6) is 0 Å². The zero-order valence-corrected chi connectivity index (χ0v) is 10.9. The third-order valence-electron chi connectivity index (χ3n) is 2.95. The van der Waals surface area contributed by atoms with Gasteiger partial charge < -0.3 is 9.67 Å². The zero-order chi connectivity index (χ0) is 12.0. The Labute approximate surface area is 102 Å². The number of rotatable bonds is 1. The minimum absolute atomic E-state index is 0.391. The lowest BCUT2D eigenvalue weighted by molar-refractivity contribution is 0.0698. The fourth-order valence-electron chi connectivity index (χ4n) is 2.17. The highest BCUT2D eigenvalue weighted by Gasteiger charge is 2.19. The second kappa shape index (κ2) is 3.63. The van der Waals surface area contributed by atoms with Crippen molar-refractivity contribution in [1.82, 2.24) is 4.57 Å². The summed E-state index contributed by atoms with van der Waals surface area (Å²) in [6.45, 7) is 3.81. The van der Waals surface area contributed by atoms with Crippen LogP contribution in [-0.4, -0.2) is 15.6 Å². The molecule has 2 rings (SSSR count). The van der Waals surface area contributed by atoms with Crippen molar-refractivity contribution in [1.29, 1.82) is 0 Å². The molecule has 0 saturated carbocycles. The summed E-state index contributed by atoms with van der Waals surface area (Å²) in [5, 5.41) is 10.0. The van der Waals surface area contributed by atoms with Crippen molar-refractivity contribution in [3.63, 3.8) is 0 Å². The largest absolute Gasteiger partial charge is 0.478 e. The minimum atomic E-state index is -0.874. The van der Waals surface area contributed by atoms with Gasteiger partial charge in [0.15, 0.2) is 0 Å². The summed E-state index contributed by atoms with van der Waals surface area (Å²) in [5.41, 5.74) is 3.23. The number of hydrogen-bond acceptors (Lipinski definition) is 1. The van der Waals surface area contributed by atoms with Gasteiger partial charge in [-0.15, -0.1) is 0 Å². The van der Waals surface area contributed by atoms with Crippen molar-refractivity contribution in [3.8, 4) is 0 Å². The van der Waals surface area contributed by atoms with Crippen molar-refractivity contribution in [2.75, 3.05) is 0 Å². The van der Waals surface area contributed by atoms with E-state index in [1.165, 1.54) is 0 Å². The predicted molar refractivity (Wildman–Crippen MR) is 67.1 cm³/mol. The number of carbonyl (C=O) groups is 1. The van der Waals surface area contributed by atoms with E-state index in [0.29, 0.717) is 5.56 Å². The van der Waals surface area contributed by atoms with Crippen molar-refractivity contribution in [2.24, 2.45) is 7.05 Å². The van der Waals surface area contributed by atoms with E-state index in [4.69, 9.17) is 0 Å². The average Bonchev–Trinajstić information content (AvgIpc) is 2.38. The highest BCUT2D eigenvalue weighted by atomic mass is 79.9. The van der Waals surface area contributed by atoms with E-state index >= 15 is 0 Å². The van der Waals surface area contributed by atoms with Gasteiger partial charge >= 0.3 is 5.97 Å². The Morgan fingerprint density at radius 3 is 2.56 bits per heavy atom. The molecular formula is C12H12BrNO2. The third-order valence-corrected chi connectivity index (χ3v) is 3.41. The lowest BCUT2D eigenvalue weighted by Crippen LogP contribution is -1.99. The molecule has 2 aromatic rings. The maximum Gasteiger partial charge on any atom is 0.338 e. The van der Waals surface area contributed by atoms with Crippen LogP contribution in [0, 0.1) is 13.8 Å². The molecule has 0 fully saturated rings. The number of aromatic carboxylic acids is 1. The first-order valence-corrected chi connectivity index (χ1v) is 5.71. The molecule has 0 amide bonds. The highest BCUT2D eigenvalue weighted by Crippen LogP contribution is 2.30. The maximum atomic E-state index is 11.2. The summed E-state index contributed by atoms with van der Waals surface area (Å²) < 4.78 is 2.84. The van der Waals surface area contributed by atoms with Crippen LogP contribution in [0.4, 0.5) is 0 Å². The minimum Gasteiger partial charge on any atom is -0.478 e. The van der Waals surface area contributed by atoms with Gasteiger partial charge in [0.25, 0.3) is 0 Å². The first-order chi connectivity index (χ1) is 7.43. The summed E-state index contributed by atoms with van der Waals surface area (Å²) in [7, 11) is 1.89. The molecule has 0 unspecified atom stereocenters. The van der Waals surface area contributed by atoms with Crippen LogP contribution in [0.1, 0.15) is 21.6 Å². The second-order valence-corrected chi connectivity index (χ2v) is 4.86. The first-order valence-electron chi connectivity index (χ1n) is 4.92. The molecule has 0 bridgehead atoms. The van der Waals surface area contributed by atoms with Crippen molar-refractivity contribution < 1.29 is 9.90 Å². The molecule has 1 aromatic heterocycles. The third kappa shape index (κ3) is 1.45. The Balaban J connectivity index is 3.02. The van der Waals surface area contributed by atoms with Crippen LogP contribution in [-0.2, 0) is 7.05 Å². The molecule has 0 aliphatic heterocycles. The molecule has 1 heterocycles. The molecule has 84 valence electrons. The summed E-state index contributed by atoms with van der Waals surface area (Å²) >= 11 is 3.40. The number of fused-ring (bicyclic) bond motifs is 1. The number of hydrogen-bond donors (Lipinski definition) is 1. The molecule has 0 atom stereocenters. The number of nitrogens with zero attached hydrogens (tertiary/aromatic N) is 1. The summed E-state index contributed by atoms with van der Waals surface area (Å²) in [6, 6.07) is 3.85. The van der Waals surface area contributed by atoms with Gasteiger partial charge in [-0.3, -0.25) is 0 Å². The van der Waals surface area contributed by atoms with Crippen LogP contribution in [0.15, 0.2) is 16.6 Å². The van der Waals surface area contributed by atoms with Gasteiger partial charge in [0, 0.05) is 22.6 Å². The fraction of sp³-hybridized carbons (Fsp3) is 0.250. The Hall–Kier alpha value is -1.29. The van der Waals surface area contributed by atoms with E-state index in [2.05, 4.69) is 15.9 Å². The van der Waals surface area contributed by atoms with Gasteiger partial charge in [-0.05, 0) is 31.5 Å². The zero-order valence-electron chi connectivity index (χ0n) is 9.34. The molecule has 16 heavy (non-hydrogen) atoms. The second-order valence-electron chi connectivity index (χ2n) is 3.94. The smallest absolute Gasteiger partial charge is 0.338 e. The van der Waals surface area contributed by atoms with Crippen LogP contribution in [0.2, 0.25) is 0 Å². The number of benzene rings is 1. The number of aromatic nitrogens is 1. The summed E-state index contributed by atoms with van der Waals surface area (Å²) in [6.07, 6.45) is 0. The topological polar surface area (TPSA) is 42.2 Å². The molecule has 0 saturated heterocycles. The molecular weight excluding hydrogens is 270 g/mol. The highest BCUT2D eigenvalue weighted by molar-refractivity contribution is 9.10. The van der Waals surface area contributed by atoms with E-state index in [9.17, 15) is 9.90 Å². The van der Waals surface area contributed by atoms with E-state index in [0.717, 1.165) is 26.6 Å². The molecule has 1 N–H and O–H groups in total. The van der Waals surface area contributed by atoms with Crippen molar-refractivity contribution >= 4 is 32.8 Å². The van der Waals surface area contributed by atoms with E-state index in [1.807, 2.05) is 37.6 Å². The van der Waals surface area contributed by atoms with Gasteiger partial charge in [-0.1, -0.05) is 15.9 Å². The molecule has 4 heteroatoms. The van der Waals surface area contributed by atoms with E-state index < -0.39 is 5.97 Å². The van der Waals surface area contributed by atoms with Crippen LogP contribution >= 0.6 is 15.9 Å². The van der Waals surface area contributed by atoms with E-state index in [-0.39, 0.29) is 0 Å². The monoisotopic (exact) mass is 281 g/mol. The molecule has 0 aliphatic rings. The Morgan fingerprint density at radius 1 is 1.38 bits per heavy atom. The Morgan fingerprint density at radius 2 is 2.00 bits per heavy atom. The molecule has 1 aromatic carbocycles. The normalized spacial score (nSPS) is 11.0. The number of aryl methyl sites for hydroxylation is 2.